The maximum absolute atomic E-state index is 9.28. The van der Waals surface area contributed by atoms with E-state index in [2.05, 4.69) is 10.5 Å². The number of rotatable bonds is 3. The van der Waals surface area contributed by atoms with E-state index in [1.165, 1.54) is 0 Å². The Morgan fingerprint density at radius 2 is 2.54 bits per heavy atom. The first-order valence-electron chi connectivity index (χ1n) is 4.59. The lowest BCUT2D eigenvalue weighted by Gasteiger charge is -2.32. The van der Waals surface area contributed by atoms with Crippen LogP contribution in [-0.2, 0) is 6.54 Å². The Morgan fingerprint density at radius 1 is 1.69 bits per heavy atom. The predicted octanol–water partition coefficient (Wildman–Crippen LogP) is 0.596. The van der Waals surface area contributed by atoms with Gasteiger partial charge in [0.2, 0.25) is 0 Å². The minimum atomic E-state index is -0.177. The highest BCUT2D eigenvalue weighted by molar-refractivity contribution is 5.03. The van der Waals surface area contributed by atoms with Crippen molar-refractivity contribution in [2.75, 3.05) is 0 Å². The van der Waals surface area contributed by atoms with Gasteiger partial charge in [-0.1, -0.05) is 5.16 Å². The fourth-order valence-corrected chi connectivity index (χ4v) is 1.45. The van der Waals surface area contributed by atoms with Crippen LogP contribution in [0.1, 0.15) is 24.3 Å². The molecule has 1 saturated carbocycles. The Labute approximate surface area is 76.9 Å². The van der Waals surface area contributed by atoms with Gasteiger partial charge in [-0.2, -0.15) is 0 Å². The highest BCUT2D eigenvalue weighted by Crippen LogP contribution is 2.19. The van der Waals surface area contributed by atoms with Gasteiger partial charge >= 0.3 is 0 Å². The van der Waals surface area contributed by atoms with Crippen molar-refractivity contribution in [3.05, 3.63) is 17.5 Å². The molecule has 1 fully saturated rings. The van der Waals surface area contributed by atoms with Gasteiger partial charge in [-0.3, -0.25) is 0 Å². The minimum absolute atomic E-state index is 0.177. The third-order valence-electron chi connectivity index (χ3n) is 2.45. The van der Waals surface area contributed by atoms with Crippen LogP contribution >= 0.6 is 0 Å². The molecule has 72 valence electrons. The van der Waals surface area contributed by atoms with Crippen molar-refractivity contribution >= 4 is 0 Å². The highest BCUT2D eigenvalue weighted by Gasteiger charge is 2.28. The molecule has 0 radical (unpaired) electrons. The summed E-state index contributed by atoms with van der Waals surface area (Å²) in [4.78, 5) is 0. The van der Waals surface area contributed by atoms with Crippen molar-refractivity contribution in [3.63, 3.8) is 0 Å². The second kappa shape index (κ2) is 3.47. The van der Waals surface area contributed by atoms with Crippen molar-refractivity contribution in [1.82, 2.24) is 10.5 Å². The molecule has 0 spiro atoms. The monoisotopic (exact) mass is 182 g/mol. The number of aryl methyl sites for hydroxylation is 1. The molecular formula is C9H14N2O2. The Kier molecular flexibility index (Phi) is 2.33. The Hall–Kier alpha value is -0.870. The summed E-state index contributed by atoms with van der Waals surface area (Å²) in [6, 6.07) is 2.14. The fraction of sp³-hybridized carbons (Fsp3) is 0.667. The largest absolute Gasteiger partial charge is 0.392 e. The maximum Gasteiger partial charge on any atom is 0.150 e. The molecule has 2 unspecified atom stereocenters. The first-order chi connectivity index (χ1) is 6.25. The summed E-state index contributed by atoms with van der Waals surface area (Å²) >= 11 is 0. The van der Waals surface area contributed by atoms with Gasteiger partial charge in [0.15, 0.2) is 5.76 Å². The van der Waals surface area contributed by atoms with Crippen LogP contribution in [0.5, 0.6) is 0 Å². The van der Waals surface area contributed by atoms with Gasteiger partial charge in [0.25, 0.3) is 0 Å². The smallest absolute Gasteiger partial charge is 0.150 e. The number of hydrogen-bond donors (Lipinski definition) is 2. The molecule has 1 aliphatic rings. The van der Waals surface area contributed by atoms with E-state index in [9.17, 15) is 5.11 Å². The first-order valence-corrected chi connectivity index (χ1v) is 4.59. The number of nitrogens with zero attached hydrogens (tertiary/aromatic N) is 1. The third-order valence-corrected chi connectivity index (χ3v) is 2.45. The number of aliphatic hydroxyl groups excluding tert-OH is 1. The first kappa shape index (κ1) is 8.72. The SMILES string of the molecule is Cc1cc(CNC2CCC2O)on1. The van der Waals surface area contributed by atoms with E-state index in [1.807, 2.05) is 13.0 Å². The van der Waals surface area contributed by atoms with E-state index in [4.69, 9.17) is 4.52 Å². The molecule has 4 heteroatoms. The molecule has 1 aromatic rings. The number of aliphatic hydroxyl groups is 1. The molecule has 0 saturated heterocycles. The van der Waals surface area contributed by atoms with Crippen molar-refractivity contribution in [2.45, 2.75) is 38.5 Å². The number of nitrogens with one attached hydrogen (secondary N) is 1. The molecule has 0 amide bonds. The van der Waals surface area contributed by atoms with Crippen LogP contribution in [0.3, 0.4) is 0 Å². The molecule has 0 bridgehead atoms. The van der Waals surface area contributed by atoms with E-state index in [0.29, 0.717) is 6.54 Å². The lowest BCUT2D eigenvalue weighted by Crippen LogP contribution is -2.47. The lowest BCUT2D eigenvalue weighted by molar-refractivity contribution is 0.0481. The molecule has 4 nitrogen and oxygen atoms in total. The zero-order valence-corrected chi connectivity index (χ0v) is 7.66. The van der Waals surface area contributed by atoms with Crippen LogP contribution in [0.2, 0.25) is 0 Å². The summed E-state index contributed by atoms with van der Waals surface area (Å²) in [6.45, 7) is 2.55. The van der Waals surface area contributed by atoms with E-state index in [0.717, 1.165) is 24.3 Å². The van der Waals surface area contributed by atoms with Crippen molar-refractivity contribution in [1.29, 1.82) is 0 Å². The van der Waals surface area contributed by atoms with Crippen molar-refractivity contribution in [2.24, 2.45) is 0 Å². The van der Waals surface area contributed by atoms with Gasteiger partial charge < -0.3 is 14.9 Å². The standard InChI is InChI=1S/C9H14N2O2/c1-6-4-7(13-11-6)5-10-8-2-3-9(8)12/h4,8-10,12H,2-3,5H2,1H3. The molecule has 13 heavy (non-hydrogen) atoms. The molecule has 2 atom stereocenters. The van der Waals surface area contributed by atoms with Crippen LogP contribution in [0.25, 0.3) is 0 Å². The molecule has 2 N–H and O–H groups in total. The number of hydrogen-bond acceptors (Lipinski definition) is 4. The fourth-order valence-electron chi connectivity index (χ4n) is 1.45. The van der Waals surface area contributed by atoms with Gasteiger partial charge in [0.1, 0.15) is 0 Å². The average molecular weight is 182 g/mol. The Balaban J connectivity index is 1.79. The zero-order valence-electron chi connectivity index (χ0n) is 7.66. The average Bonchev–Trinajstić information content (AvgIpc) is 2.49. The van der Waals surface area contributed by atoms with E-state index < -0.39 is 0 Å². The summed E-state index contributed by atoms with van der Waals surface area (Å²) in [5.74, 6) is 0.830. The summed E-state index contributed by atoms with van der Waals surface area (Å²) < 4.78 is 5.02. The normalized spacial score (nSPS) is 27.2. The van der Waals surface area contributed by atoms with Crippen LogP contribution < -0.4 is 5.32 Å². The minimum Gasteiger partial charge on any atom is -0.392 e. The van der Waals surface area contributed by atoms with Crippen molar-refractivity contribution < 1.29 is 9.63 Å². The third kappa shape index (κ3) is 1.89. The quantitative estimate of drug-likeness (QED) is 0.718. The van der Waals surface area contributed by atoms with E-state index in [1.54, 1.807) is 0 Å². The van der Waals surface area contributed by atoms with Crippen LogP contribution in [0.4, 0.5) is 0 Å². The van der Waals surface area contributed by atoms with Gasteiger partial charge in [0.05, 0.1) is 18.3 Å². The van der Waals surface area contributed by atoms with Crippen LogP contribution in [-0.4, -0.2) is 22.4 Å². The van der Waals surface area contributed by atoms with Gasteiger partial charge in [-0.15, -0.1) is 0 Å². The molecule has 0 aliphatic heterocycles. The predicted molar refractivity (Wildman–Crippen MR) is 47.1 cm³/mol. The molecule has 1 aliphatic carbocycles. The molecule has 1 heterocycles. The summed E-state index contributed by atoms with van der Waals surface area (Å²) in [6.07, 6.45) is 1.78. The summed E-state index contributed by atoms with van der Waals surface area (Å²) in [5, 5.41) is 16.3. The van der Waals surface area contributed by atoms with Gasteiger partial charge in [-0.05, 0) is 19.8 Å². The lowest BCUT2D eigenvalue weighted by atomic mass is 9.89. The summed E-state index contributed by atoms with van der Waals surface area (Å²) in [7, 11) is 0. The Bertz CT molecular complexity index is 285. The topological polar surface area (TPSA) is 58.3 Å². The van der Waals surface area contributed by atoms with Gasteiger partial charge in [-0.25, -0.2) is 0 Å². The van der Waals surface area contributed by atoms with Crippen molar-refractivity contribution in [3.8, 4) is 0 Å². The summed E-state index contributed by atoms with van der Waals surface area (Å²) in [5.41, 5.74) is 0.894. The Morgan fingerprint density at radius 3 is 3.00 bits per heavy atom. The maximum atomic E-state index is 9.28. The molecular weight excluding hydrogens is 168 g/mol. The molecule has 2 rings (SSSR count). The van der Waals surface area contributed by atoms with Crippen LogP contribution in [0, 0.1) is 6.92 Å². The molecule has 1 aromatic heterocycles. The van der Waals surface area contributed by atoms with E-state index in [-0.39, 0.29) is 12.1 Å². The van der Waals surface area contributed by atoms with Crippen LogP contribution in [0.15, 0.2) is 10.6 Å². The second-order valence-electron chi connectivity index (χ2n) is 3.57. The number of aromatic nitrogens is 1. The van der Waals surface area contributed by atoms with E-state index >= 15 is 0 Å². The zero-order chi connectivity index (χ0) is 9.26. The van der Waals surface area contributed by atoms with Gasteiger partial charge in [0, 0.05) is 12.1 Å². The molecule has 0 aromatic carbocycles. The second-order valence-corrected chi connectivity index (χ2v) is 3.57. The highest BCUT2D eigenvalue weighted by atomic mass is 16.5.